The van der Waals surface area contributed by atoms with Gasteiger partial charge in [-0.3, -0.25) is 4.79 Å². The Morgan fingerprint density at radius 3 is 2.55 bits per heavy atom. The highest BCUT2D eigenvalue weighted by atomic mass is 35.5. The van der Waals surface area contributed by atoms with Crippen LogP contribution in [0.4, 0.5) is 29.0 Å². The first-order valence-corrected chi connectivity index (χ1v) is 10.5. The lowest BCUT2D eigenvalue weighted by molar-refractivity contribution is -0.114. The van der Waals surface area contributed by atoms with E-state index in [-0.39, 0.29) is 5.91 Å². The number of rotatable bonds is 5. The van der Waals surface area contributed by atoms with Crippen molar-refractivity contribution in [2.75, 3.05) is 46.6 Å². The lowest BCUT2D eigenvalue weighted by Gasteiger charge is -2.36. The van der Waals surface area contributed by atoms with Crippen LogP contribution in [-0.4, -0.2) is 47.0 Å². The zero-order valence-corrected chi connectivity index (χ0v) is 18.2. The highest BCUT2D eigenvalue weighted by Crippen LogP contribution is 2.24. The molecule has 8 nitrogen and oxygen atoms in total. The fourth-order valence-electron chi connectivity index (χ4n) is 3.49. The van der Waals surface area contributed by atoms with E-state index in [0.29, 0.717) is 11.9 Å². The van der Waals surface area contributed by atoms with Crippen LogP contribution in [0.2, 0.25) is 5.02 Å². The molecular weight excluding hydrogens is 414 g/mol. The number of anilines is 5. The summed E-state index contributed by atoms with van der Waals surface area (Å²) in [4.78, 5) is 29.0. The third kappa shape index (κ3) is 5.21. The van der Waals surface area contributed by atoms with Crippen molar-refractivity contribution in [3.05, 3.63) is 59.4 Å². The van der Waals surface area contributed by atoms with Gasteiger partial charge in [0.15, 0.2) is 0 Å². The Bertz CT molecular complexity index is 1080. The minimum absolute atomic E-state index is 0.111. The number of benzene rings is 2. The molecule has 0 saturated carbocycles. The van der Waals surface area contributed by atoms with Crippen LogP contribution < -0.4 is 20.4 Å². The van der Waals surface area contributed by atoms with Crippen molar-refractivity contribution in [1.82, 2.24) is 15.0 Å². The van der Waals surface area contributed by atoms with Gasteiger partial charge in [-0.15, -0.1) is 0 Å². The van der Waals surface area contributed by atoms with Crippen LogP contribution >= 0.6 is 11.6 Å². The molecule has 1 aliphatic heterocycles. The van der Waals surface area contributed by atoms with Crippen molar-refractivity contribution < 1.29 is 4.79 Å². The molecule has 2 N–H and O–H groups in total. The van der Waals surface area contributed by atoms with Crippen LogP contribution in [0, 0.1) is 6.92 Å². The lowest BCUT2D eigenvalue weighted by atomic mass is 10.2. The van der Waals surface area contributed by atoms with Crippen molar-refractivity contribution in [3.8, 4) is 0 Å². The molecule has 0 atom stereocenters. The van der Waals surface area contributed by atoms with E-state index in [1.165, 1.54) is 13.3 Å². The molecule has 1 aromatic heterocycles. The van der Waals surface area contributed by atoms with E-state index >= 15 is 0 Å². The van der Waals surface area contributed by atoms with Gasteiger partial charge in [-0.1, -0.05) is 23.7 Å². The van der Waals surface area contributed by atoms with Gasteiger partial charge in [0, 0.05) is 55.2 Å². The molecule has 9 heteroatoms. The van der Waals surface area contributed by atoms with Gasteiger partial charge in [-0.2, -0.15) is 4.98 Å². The molecule has 1 amide bonds. The summed E-state index contributed by atoms with van der Waals surface area (Å²) in [5.41, 5.74) is 3.65. The molecule has 1 aliphatic rings. The number of piperazine rings is 1. The Morgan fingerprint density at radius 2 is 1.81 bits per heavy atom. The number of hydrogen-bond acceptors (Lipinski definition) is 7. The van der Waals surface area contributed by atoms with Crippen LogP contribution in [0.25, 0.3) is 0 Å². The topological polar surface area (TPSA) is 86.3 Å². The highest BCUT2D eigenvalue weighted by Gasteiger charge is 2.20. The highest BCUT2D eigenvalue weighted by molar-refractivity contribution is 6.30. The fourth-order valence-corrected chi connectivity index (χ4v) is 3.68. The third-order valence-corrected chi connectivity index (χ3v) is 5.33. The zero-order valence-electron chi connectivity index (χ0n) is 17.5. The van der Waals surface area contributed by atoms with Crippen molar-refractivity contribution in [2.45, 2.75) is 13.8 Å². The van der Waals surface area contributed by atoms with Crippen LogP contribution in [0.3, 0.4) is 0 Å². The smallest absolute Gasteiger partial charge is 0.231 e. The fraction of sp³-hybridized carbons (Fsp3) is 0.273. The Morgan fingerprint density at radius 1 is 1.03 bits per heavy atom. The standard InChI is InChI=1S/C22H24ClN7O/c1-15-6-7-18(13-20(15)26-16(2)31)27-21-24-14-25-22(28-21)30-10-8-29(9-11-30)19-5-3-4-17(23)12-19/h3-7,12-14H,8-11H2,1-2H3,(H,26,31)(H,24,25,27,28). The zero-order chi connectivity index (χ0) is 21.8. The van der Waals surface area contributed by atoms with E-state index in [1.54, 1.807) is 0 Å². The maximum absolute atomic E-state index is 11.4. The van der Waals surface area contributed by atoms with Gasteiger partial charge in [0.2, 0.25) is 17.8 Å². The van der Waals surface area contributed by atoms with Crippen LogP contribution in [-0.2, 0) is 4.79 Å². The summed E-state index contributed by atoms with van der Waals surface area (Å²) in [6.45, 7) is 6.74. The predicted octanol–water partition coefficient (Wildman–Crippen LogP) is 3.86. The van der Waals surface area contributed by atoms with Gasteiger partial charge in [0.25, 0.3) is 0 Å². The molecule has 3 aromatic rings. The molecule has 1 fully saturated rings. The number of carbonyl (C=O) groups excluding carboxylic acids is 1. The summed E-state index contributed by atoms with van der Waals surface area (Å²) in [7, 11) is 0. The van der Waals surface area contributed by atoms with E-state index in [4.69, 9.17) is 11.6 Å². The lowest BCUT2D eigenvalue weighted by Crippen LogP contribution is -2.47. The van der Waals surface area contributed by atoms with E-state index in [0.717, 1.165) is 53.8 Å². The summed E-state index contributed by atoms with van der Waals surface area (Å²) in [6.07, 6.45) is 1.51. The molecule has 0 radical (unpaired) electrons. The first-order chi connectivity index (χ1) is 15.0. The van der Waals surface area contributed by atoms with Gasteiger partial charge in [-0.25, -0.2) is 9.97 Å². The first-order valence-electron chi connectivity index (χ1n) is 10.1. The molecule has 4 rings (SSSR count). The van der Waals surface area contributed by atoms with Gasteiger partial charge in [-0.05, 0) is 42.8 Å². The molecule has 0 bridgehead atoms. The van der Waals surface area contributed by atoms with Crippen molar-refractivity contribution in [1.29, 1.82) is 0 Å². The average Bonchev–Trinajstić information content (AvgIpc) is 2.76. The van der Waals surface area contributed by atoms with Crippen molar-refractivity contribution >= 4 is 46.5 Å². The molecule has 0 aliphatic carbocycles. The van der Waals surface area contributed by atoms with Crippen molar-refractivity contribution in [3.63, 3.8) is 0 Å². The first kappa shape index (κ1) is 20.9. The van der Waals surface area contributed by atoms with Crippen LogP contribution in [0.15, 0.2) is 48.8 Å². The minimum Gasteiger partial charge on any atom is -0.368 e. The Hall–Kier alpha value is -3.39. The minimum atomic E-state index is -0.111. The van der Waals surface area contributed by atoms with Crippen LogP contribution in [0.1, 0.15) is 12.5 Å². The van der Waals surface area contributed by atoms with E-state index in [2.05, 4.69) is 41.5 Å². The predicted molar refractivity (Wildman–Crippen MR) is 124 cm³/mol. The third-order valence-electron chi connectivity index (χ3n) is 5.10. The Labute approximate surface area is 186 Å². The normalized spacial score (nSPS) is 13.8. The number of aryl methyl sites for hydroxylation is 1. The quantitative estimate of drug-likeness (QED) is 0.626. The summed E-state index contributed by atoms with van der Waals surface area (Å²) in [6, 6.07) is 13.6. The Balaban J connectivity index is 1.43. The molecule has 31 heavy (non-hydrogen) atoms. The number of hydrogen-bond donors (Lipinski definition) is 2. The maximum Gasteiger partial charge on any atom is 0.231 e. The second kappa shape index (κ2) is 9.18. The SMILES string of the molecule is CC(=O)Nc1cc(Nc2ncnc(N3CCN(c4cccc(Cl)c4)CC3)n2)ccc1C. The number of carbonyl (C=O) groups is 1. The van der Waals surface area contributed by atoms with E-state index in [1.807, 2.05) is 43.3 Å². The van der Waals surface area contributed by atoms with E-state index < -0.39 is 0 Å². The number of aromatic nitrogens is 3. The summed E-state index contributed by atoms with van der Waals surface area (Å²) in [5, 5.41) is 6.77. The van der Waals surface area contributed by atoms with Gasteiger partial charge < -0.3 is 20.4 Å². The van der Waals surface area contributed by atoms with Gasteiger partial charge >= 0.3 is 0 Å². The maximum atomic E-state index is 11.4. The number of halogens is 1. The van der Waals surface area contributed by atoms with Crippen molar-refractivity contribution in [2.24, 2.45) is 0 Å². The second-order valence-corrected chi connectivity index (χ2v) is 7.84. The molecule has 0 spiro atoms. The van der Waals surface area contributed by atoms with Gasteiger partial charge in [0.1, 0.15) is 6.33 Å². The number of amides is 1. The number of nitrogens with one attached hydrogen (secondary N) is 2. The molecule has 160 valence electrons. The summed E-state index contributed by atoms with van der Waals surface area (Å²) in [5.74, 6) is 0.983. The molecule has 2 aromatic carbocycles. The summed E-state index contributed by atoms with van der Waals surface area (Å²) < 4.78 is 0. The Kier molecular flexibility index (Phi) is 6.18. The molecule has 0 unspecified atom stereocenters. The number of nitrogens with zero attached hydrogens (tertiary/aromatic N) is 5. The van der Waals surface area contributed by atoms with Gasteiger partial charge in [0.05, 0.1) is 0 Å². The second-order valence-electron chi connectivity index (χ2n) is 7.40. The average molecular weight is 438 g/mol. The molecule has 2 heterocycles. The molecule has 1 saturated heterocycles. The summed E-state index contributed by atoms with van der Waals surface area (Å²) >= 11 is 6.12. The molecular formula is C22H24ClN7O. The van der Waals surface area contributed by atoms with Crippen LogP contribution in [0.5, 0.6) is 0 Å². The van der Waals surface area contributed by atoms with E-state index in [9.17, 15) is 4.79 Å². The largest absolute Gasteiger partial charge is 0.368 e. The monoisotopic (exact) mass is 437 g/mol.